The molecular formula is C14H16N6OS. The molecule has 0 saturated heterocycles. The van der Waals surface area contributed by atoms with Gasteiger partial charge in [-0.3, -0.25) is 4.79 Å². The summed E-state index contributed by atoms with van der Waals surface area (Å²) in [6.45, 7) is 4.10. The molecule has 8 heteroatoms. The molecule has 1 aromatic carbocycles. The number of amides is 1. The molecule has 2 aromatic rings. The number of rotatable bonds is 6. The van der Waals surface area contributed by atoms with Crippen molar-refractivity contribution in [3.63, 3.8) is 0 Å². The summed E-state index contributed by atoms with van der Waals surface area (Å²) in [6.07, 6.45) is 1.68. The Morgan fingerprint density at radius 3 is 2.41 bits per heavy atom. The summed E-state index contributed by atoms with van der Waals surface area (Å²) < 4.78 is 0. The maximum Gasteiger partial charge on any atom is 0.237 e. The van der Waals surface area contributed by atoms with Crippen LogP contribution in [0.3, 0.4) is 0 Å². The maximum atomic E-state index is 12.4. The third-order valence-corrected chi connectivity index (χ3v) is 3.49. The van der Waals surface area contributed by atoms with E-state index in [4.69, 9.17) is 11.5 Å². The second-order valence-electron chi connectivity index (χ2n) is 4.25. The predicted molar refractivity (Wildman–Crippen MR) is 88.4 cm³/mol. The molecule has 7 nitrogen and oxygen atoms in total. The summed E-state index contributed by atoms with van der Waals surface area (Å²) in [4.78, 5) is 25.6. The Balaban J connectivity index is 2.07. The van der Waals surface area contributed by atoms with Crippen LogP contribution in [0.4, 0.5) is 17.6 Å². The number of carbonyl (C=O) groups excluding carboxylic acids is 1. The second kappa shape index (κ2) is 7.41. The number of benzene rings is 1. The number of hydrogen-bond donors (Lipinski definition) is 2. The highest BCUT2D eigenvalue weighted by Crippen LogP contribution is 2.18. The Bertz CT molecular complexity index is 643. The lowest BCUT2D eigenvalue weighted by Crippen LogP contribution is -2.32. The summed E-state index contributed by atoms with van der Waals surface area (Å²) in [5.41, 5.74) is 11.8. The Morgan fingerprint density at radius 2 is 1.82 bits per heavy atom. The molecule has 4 N–H and O–H groups in total. The molecule has 0 saturated carbocycles. The summed E-state index contributed by atoms with van der Waals surface area (Å²) >= 11 is 1.16. The van der Waals surface area contributed by atoms with Gasteiger partial charge in [0.25, 0.3) is 0 Å². The number of para-hydroxylation sites is 1. The highest BCUT2D eigenvalue weighted by Gasteiger charge is 2.15. The Kier molecular flexibility index (Phi) is 5.31. The van der Waals surface area contributed by atoms with Crippen molar-refractivity contribution in [1.82, 2.24) is 15.0 Å². The molecule has 2 rings (SSSR count). The number of anilines is 3. The minimum Gasteiger partial charge on any atom is -0.368 e. The molecule has 0 unspecified atom stereocenters. The van der Waals surface area contributed by atoms with E-state index in [-0.39, 0.29) is 23.6 Å². The lowest BCUT2D eigenvalue weighted by Gasteiger charge is -2.20. The summed E-state index contributed by atoms with van der Waals surface area (Å²) in [6, 6.07) is 9.37. The van der Waals surface area contributed by atoms with Gasteiger partial charge in [0, 0.05) is 12.2 Å². The molecule has 0 fully saturated rings. The fourth-order valence-corrected chi connectivity index (χ4v) is 2.47. The Morgan fingerprint density at radius 1 is 1.18 bits per heavy atom. The van der Waals surface area contributed by atoms with E-state index in [9.17, 15) is 4.79 Å². The van der Waals surface area contributed by atoms with E-state index in [2.05, 4.69) is 21.5 Å². The van der Waals surface area contributed by atoms with Crippen molar-refractivity contribution in [2.24, 2.45) is 0 Å². The highest BCUT2D eigenvalue weighted by atomic mass is 32.2. The molecule has 22 heavy (non-hydrogen) atoms. The smallest absolute Gasteiger partial charge is 0.237 e. The largest absolute Gasteiger partial charge is 0.368 e. The molecule has 114 valence electrons. The van der Waals surface area contributed by atoms with Crippen LogP contribution in [-0.4, -0.2) is 33.2 Å². The van der Waals surface area contributed by atoms with Crippen LogP contribution >= 0.6 is 11.8 Å². The molecular weight excluding hydrogens is 300 g/mol. The fraction of sp³-hybridized carbons (Fsp3) is 0.143. The Labute approximate surface area is 132 Å². The molecule has 1 amide bonds. The predicted octanol–water partition coefficient (Wildman–Crippen LogP) is 1.35. The molecule has 0 bridgehead atoms. The number of hydrogen-bond acceptors (Lipinski definition) is 7. The van der Waals surface area contributed by atoms with Crippen LogP contribution in [0.15, 0.2) is 48.1 Å². The van der Waals surface area contributed by atoms with Crippen molar-refractivity contribution in [1.29, 1.82) is 0 Å². The average molecular weight is 316 g/mol. The number of carbonyl (C=O) groups is 1. The van der Waals surface area contributed by atoms with Crippen LogP contribution in [-0.2, 0) is 4.79 Å². The molecule has 0 aliphatic heterocycles. The monoisotopic (exact) mass is 316 g/mol. The van der Waals surface area contributed by atoms with Gasteiger partial charge in [0.05, 0.1) is 5.75 Å². The zero-order chi connectivity index (χ0) is 15.9. The summed E-state index contributed by atoms with van der Waals surface area (Å²) in [7, 11) is 0. The van der Waals surface area contributed by atoms with Gasteiger partial charge in [0.2, 0.25) is 17.8 Å². The first kappa shape index (κ1) is 15.8. The lowest BCUT2D eigenvalue weighted by molar-refractivity contribution is -0.116. The summed E-state index contributed by atoms with van der Waals surface area (Å²) in [5, 5.41) is 0.324. The first-order chi connectivity index (χ1) is 10.6. The van der Waals surface area contributed by atoms with Crippen molar-refractivity contribution in [3.05, 3.63) is 43.0 Å². The normalized spacial score (nSPS) is 10.2. The molecule has 0 atom stereocenters. The van der Waals surface area contributed by atoms with E-state index in [1.54, 1.807) is 11.0 Å². The summed E-state index contributed by atoms with van der Waals surface area (Å²) in [5.74, 6) is 0.140. The van der Waals surface area contributed by atoms with Crippen molar-refractivity contribution in [2.75, 3.05) is 28.7 Å². The van der Waals surface area contributed by atoms with Gasteiger partial charge in [0.15, 0.2) is 5.16 Å². The fourth-order valence-electron chi connectivity index (χ4n) is 1.75. The Hall–Kier alpha value is -2.61. The first-order valence-corrected chi connectivity index (χ1v) is 7.45. The van der Waals surface area contributed by atoms with E-state index in [0.717, 1.165) is 17.4 Å². The third-order valence-electron chi connectivity index (χ3n) is 2.65. The van der Waals surface area contributed by atoms with Gasteiger partial charge < -0.3 is 16.4 Å². The zero-order valence-corrected chi connectivity index (χ0v) is 12.7. The van der Waals surface area contributed by atoms with Crippen LogP contribution in [0.2, 0.25) is 0 Å². The molecule has 1 heterocycles. The van der Waals surface area contributed by atoms with E-state index in [1.807, 2.05) is 30.3 Å². The third kappa shape index (κ3) is 4.19. The first-order valence-electron chi connectivity index (χ1n) is 6.46. The molecule has 0 aliphatic carbocycles. The van der Waals surface area contributed by atoms with Crippen molar-refractivity contribution < 1.29 is 4.79 Å². The standard InChI is InChI=1S/C14H16N6OS/c1-2-8-20(10-6-4-3-5-7-10)11(21)9-22-14-18-12(15)17-13(16)19-14/h2-7H,1,8-9H2,(H4,15,16,17,18,19). The number of nitrogen functional groups attached to an aromatic ring is 2. The SMILES string of the molecule is C=CCN(C(=O)CSc1nc(N)nc(N)n1)c1ccccc1. The van der Waals surface area contributed by atoms with Crippen LogP contribution in [0, 0.1) is 0 Å². The number of thioether (sulfide) groups is 1. The van der Waals surface area contributed by atoms with E-state index < -0.39 is 0 Å². The second-order valence-corrected chi connectivity index (χ2v) is 5.19. The van der Waals surface area contributed by atoms with E-state index in [0.29, 0.717) is 11.7 Å². The number of nitrogens with zero attached hydrogens (tertiary/aromatic N) is 4. The minimum atomic E-state index is -0.0892. The van der Waals surface area contributed by atoms with Gasteiger partial charge in [-0.2, -0.15) is 15.0 Å². The topological polar surface area (TPSA) is 111 Å². The van der Waals surface area contributed by atoms with Crippen LogP contribution < -0.4 is 16.4 Å². The maximum absolute atomic E-state index is 12.4. The zero-order valence-electron chi connectivity index (χ0n) is 11.8. The number of nitrogens with two attached hydrogens (primary N) is 2. The van der Waals surface area contributed by atoms with Gasteiger partial charge >= 0.3 is 0 Å². The van der Waals surface area contributed by atoms with Gasteiger partial charge in [0.1, 0.15) is 0 Å². The average Bonchev–Trinajstić information content (AvgIpc) is 2.50. The number of aromatic nitrogens is 3. The highest BCUT2D eigenvalue weighted by molar-refractivity contribution is 7.99. The quantitative estimate of drug-likeness (QED) is 0.611. The van der Waals surface area contributed by atoms with Gasteiger partial charge in [-0.15, -0.1) is 6.58 Å². The lowest BCUT2D eigenvalue weighted by atomic mass is 10.3. The van der Waals surface area contributed by atoms with Crippen LogP contribution in [0.5, 0.6) is 0 Å². The van der Waals surface area contributed by atoms with Crippen LogP contribution in [0.25, 0.3) is 0 Å². The minimum absolute atomic E-state index is 0.0356. The van der Waals surface area contributed by atoms with Gasteiger partial charge in [-0.1, -0.05) is 36.0 Å². The van der Waals surface area contributed by atoms with E-state index in [1.165, 1.54) is 0 Å². The van der Waals surface area contributed by atoms with E-state index >= 15 is 0 Å². The van der Waals surface area contributed by atoms with Gasteiger partial charge in [-0.05, 0) is 12.1 Å². The van der Waals surface area contributed by atoms with Gasteiger partial charge in [-0.25, -0.2) is 0 Å². The molecule has 0 spiro atoms. The molecule has 0 aliphatic rings. The van der Waals surface area contributed by atoms with Crippen molar-refractivity contribution >= 4 is 35.3 Å². The van der Waals surface area contributed by atoms with Crippen molar-refractivity contribution in [3.8, 4) is 0 Å². The molecule has 0 radical (unpaired) electrons. The van der Waals surface area contributed by atoms with Crippen molar-refractivity contribution in [2.45, 2.75) is 5.16 Å². The molecule has 1 aromatic heterocycles. The van der Waals surface area contributed by atoms with Crippen LogP contribution in [0.1, 0.15) is 0 Å².